The third-order valence-electron chi connectivity index (χ3n) is 5.43. The smallest absolute Gasteiger partial charge is 0.229 e. The number of ether oxygens (including phenoxy) is 1. The van der Waals surface area contributed by atoms with Gasteiger partial charge in [0.2, 0.25) is 10.0 Å². The molecule has 0 atom stereocenters. The maximum absolute atomic E-state index is 11.6. The molecule has 2 heterocycles. The van der Waals surface area contributed by atoms with Crippen molar-refractivity contribution in [1.29, 1.82) is 0 Å². The summed E-state index contributed by atoms with van der Waals surface area (Å²) < 4.78 is 31.4. The first-order chi connectivity index (χ1) is 14.9. The summed E-state index contributed by atoms with van der Waals surface area (Å²) in [6, 6.07) is 13.4. The van der Waals surface area contributed by atoms with E-state index in [1.165, 1.54) is 0 Å². The number of benzene rings is 2. The van der Waals surface area contributed by atoms with Crippen LogP contribution in [0.15, 0.2) is 54.7 Å². The molecule has 0 saturated carbocycles. The van der Waals surface area contributed by atoms with Gasteiger partial charge in [0.25, 0.3) is 0 Å². The highest BCUT2D eigenvalue weighted by molar-refractivity contribution is 7.92. The van der Waals surface area contributed by atoms with Gasteiger partial charge in [0, 0.05) is 30.3 Å². The van der Waals surface area contributed by atoms with E-state index in [2.05, 4.69) is 39.9 Å². The second kappa shape index (κ2) is 7.39. The monoisotopic (exact) mass is 434 g/mol. The van der Waals surface area contributed by atoms with E-state index in [1.807, 2.05) is 12.1 Å². The van der Waals surface area contributed by atoms with Gasteiger partial charge in [-0.3, -0.25) is 9.71 Å². The lowest BCUT2D eigenvalue weighted by Gasteiger charge is -2.28. The van der Waals surface area contributed by atoms with Gasteiger partial charge < -0.3 is 9.64 Å². The number of nitrogens with one attached hydrogen (secondary N) is 1. The first-order valence-corrected chi connectivity index (χ1v) is 11.9. The molecule has 0 bridgehead atoms. The molecule has 0 spiro atoms. The van der Waals surface area contributed by atoms with Crippen molar-refractivity contribution in [3.63, 3.8) is 0 Å². The van der Waals surface area contributed by atoms with E-state index in [-0.39, 0.29) is 0 Å². The van der Waals surface area contributed by atoms with Gasteiger partial charge in [-0.15, -0.1) is 0 Å². The number of fused-ring (bicyclic) bond motifs is 2. The molecule has 0 unspecified atom stereocenters. The van der Waals surface area contributed by atoms with Crippen LogP contribution in [0.2, 0.25) is 0 Å². The lowest BCUT2D eigenvalue weighted by molar-refractivity contribution is 0.311. The summed E-state index contributed by atoms with van der Waals surface area (Å²) in [6.45, 7) is 1.55. The van der Waals surface area contributed by atoms with E-state index < -0.39 is 10.0 Å². The van der Waals surface area contributed by atoms with Crippen molar-refractivity contribution in [3.8, 4) is 17.0 Å². The van der Waals surface area contributed by atoms with Crippen molar-refractivity contribution in [2.75, 3.05) is 36.1 Å². The lowest BCUT2D eigenvalue weighted by Crippen LogP contribution is -2.28. The summed E-state index contributed by atoms with van der Waals surface area (Å²) >= 11 is 0. The minimum Gasteiger partial charge on any atom is -0.490 e. The average Bonchev–Trinajstić information content (AvgIpc) is 3.16. The molecule has 31 heavy (non-hydrogen) atoms. The second-order valence-electron chi connectivity index (χ2n) is 7.78. The summed E-state index contributed by atoms with van der Waals surface area (Å²) in [5, 5.41) is 0. The normalized spacial score (nSPS) is 15.0. The van der Waals surface area contributed by atoms with Gasteiger partial charge in [0.15, 0.2) is 0 Å². The number of likely N-dealkylation sites (N-methyl/N-ethyl adjacent to an activating group) is 1. The third-order valence-corrected chi connectivity index (χ3v) is 6.04. The van der Waals surface area contributed by atoms with Crippen LogP contribution >= 0.6 is 0 Å². The van der Waals surface area contributed by atoms with Gasteiger partial charge >= 0.3 is 0 Å². The Kier molecular flexibility index (Phi) is 4.66. The van der Waals surface area contributed by atoms with E-state index in [4.69, 9.17) is 9.72 Å². The van der Waals surface area contributed by atoms with Gasteiger partial charge in [0.05, 0.1) is 41.8 Å². The summed E-state index contributed by atoms with van der Waals surface area (Å²) in [5.41, 5.74) is 6.99. The standard InChI is InChI=1S/C23H22N4O3S/c1-27-10-11-30-22-9-6-15(13-21(22)27)18-7-8-19-23(18)25-20(14-24-19)16-4-3-5-17(12-16)26-31(2,28)29/h3-7,9,12-14,26H,8,10-11H2,1-2H3. The molecule has 5 rings (SSSR count). The van der Waals surface area contributed by atoms with Crippen molar-refractivity contribution < 1.29 is 13.2 Å². The van der Waals surface area contributed by atoms with Crippen LogP contribution in [0.4, 0.5) is 11.4 Å². The van der Waals surface area contributed by atoms with Crippen LogP contribution < -0.4 is 14.4 Å². The Morgan fingerprint density at radius 3 is 2.84 bits per heavy atom. The second-order valence-corrected chi connectivity index (χ2v) is 9.53. The van der Waals surface area contributed by atoms with Crippen LogP contribution in [0.5, 0.6) is 5.75 Å². The molecule has 1 N–H and O–H groups in total. The summed E-state index contributed by atoms with van der Waals surface area (Å²) in [6.07, 6.45) is 5.76. The zero-order valence-electron chi connectivity index (χ0n) is 17.3. The van der Waals surface area contributed by atoms with Crippen molar-refractivity contribution in [2.24, 2.45) is 0 Å². The molecule has 1 aliphatic heterocycles. The number of hydrogen-bond acceptors (Lipinski definition) is 6. The molecule has 2 aliphatic rings. The Morgan fingerprint density at radius 2 is 2.00 bits per heavy atom. The summed E-state index contributed by atoms with van der Waals surface area (Å²) in [5.74, 6) is 0.895. The van der Waals surface area contributed by atoms with E-state index in [0.29, 0.717) is 18.0 Å². The van der Waals surface area contributed by atoms with Gasteiger partial charge in [0.1, 0.15) is 12.4 Å². The van der Waals surface area contributed by atoms with Gasteiger partial charge in [-0.05, 0) is 29.8 Å². The zero-order chi connectivity index (χ0) is 21.6. The van der Waals surface area contributed by atoms with Crippen molar-refractivity contribution in [3.05, 3.63) is 71.7 Å². The molecule has 0 amide bonds. The Labute approximate surface area is 181 Å². The average molecular weight is 435 g/mol. The highest BCUT2D eigenvalue weighted by Crippen LogP contribution is 2.38. The lowest BCUT2D eigenvalue weighted by atomic mass is 10.0. The molecular weight excluding hydrogens is 412 g/mol. The number of sulfonamides is 1. The van der Waals surface area contributed by atoms with E-state index in [0.717, 1.165) is 58.7 Å². The number of allylic oxidation sites excluding steroid dienone is 1. The number of anilines is 2. The molecule has 2 aromatic carbocycles. The molecule has 158 valence electrons. The number of nitrogens with zero attached hydrogens (tertiary/aromatic N) is 3. The number of aromatic nitrogens is 2. The topological polar surface area (TPSA) is 84.4 Å². The molecule has 1 aliphatic carbocycles. The van der Waals surface area contributed by atoms with Crippen LogP contribution in [0.3, 0.4) is 0 Å². The predicted molar refractivity (Wildman–Crippen MR) is 122 cm³/mol. The largest absolute Gasteiger partial charge is 0.490 e. The van der Waals surface area contributed by atoms with Crippen LogP contribution in [-0.2, 0) is 16.4 Å². The first-order valence-electron chi connectivity index (χ1n) is 10.0. The predicted octanol–water partition coefficient (Wildman–Crippen LogP) is 3.33. The van der Waals surface area contributed by atoms with Gasteiger partial charge in [-0.25, -0.2) is 13.4 Å². The van der Waals surface area contributed by atoms with Crippen LogP contribution in [-0.4, -0.2) is 44.8 Å². The molecule has 0 fully saturated rings. The fraction of sp³-hybridized carbons (Fsp3) is 0.217. The Balaban J connectivity index is 1.51. The number of rotatable bonds is 4. The van der Waals surface area contributed by atoms with Crippen molar-refractivity contribution in [2.45, 2.75) is 6.42 Å². The fourth-order valence-electron chi connectivity index (χ4n) is 3.94. The Morgan fingerprint density at radius 1 is 1.13 bits per heavy atom. The van der Waals surface area contributed by atoms with Crippen LogP contribution in [0.1, 0.15) is 17.0 Å². The molecule has 0 saturated heterocycles. The molecule has 8 heteroatoms. The van der Waals surface area contributed by atoms with E-state index in [1.54, 1.807) is 24.4 Å². The first kappa shape index (κ1) is 19.6. The SMILES string of the molecule is CN1CCOc2ccc(C3=CCc4ncc(-c5cccc(NS(C)(=O)=O)c5)nc43)cc21. The highest BCUT2D eigenvalue weighted by Gasteiger charge is 2.22. The quantitative estimate of drug-likeness (QED) is 0.678. The number of hydrogen-bond donors (Lipinski definition) is 1. The van der Waals surface area contributed by atoms with Gasteiger partial charge in [-0.1, -0.05) is 24.3 Å². The summed E-state index contributed by atoms with van der Waals surface area (Å²) in [4.78, 5) is 11.7. The molecule has 0 radical (unpaired) electrons. The minimum atomic E-state index is -3.35. The fourth-order valence-corrected chi connectivity index (χ4v) is 4.50. The van der Waals surface area contributed by atoms with Crippen LogP contribution in [0.25, 0.3) is 16.8 Å². The zero-order valence-corrected chi connectivity index (χ0v) is 18.1. The minimum absolute atomic E-state index is 0.496. The molecule has 1 aromatic heterocycles. The molecule has 7 nitrogen and oxygen atoms in total. The Hall–Kier alpha value is -3.39. The summed E-state index contributed by atoms with van der Waals surface area (Å²) in [7, 11) is -1.29. The van der Waals surface area contributed by atoms with Crippen molar-refractivity contribution >= 4 is 27.0 Å². The highest BCUT2D eigenvalue weighted by atomic mass is 32.2. The van der Waals surface area contributed by atoms with E-state index in [9.17, 15) is 8.42 Å². The van der Waals surface area contributed by atoms with E-state index >= 15 is 0 Å². The van der Waals surface area contributed by atoms with Gasteiger partial charge in [-0.2, -0.15) is 0 Å². The Bertz CT molecular complexity index is 1320. The van der Waals surface area contributed by atoms with Crippen LogP contribution in [0, 0.1) is 0 Å². The van der Waals surface area contributed by atoms with Crippen molar-refractivity contribution in [1.82, 2.24) is 9.97 Å². The molecular formula is C23H22N4O3S. The maximum atomic E-state index is 11.6. The maximum Gasteiger partial charge on any atom is 0.229 e. The molecule has 3 aromatic rings. The third kappa shape index (κ3) is 3.86.